The number of carbonyl (C=O) groups excluding carboxylic acids is 1. The quantitative estimate of drug-likeness (QED) is 0.467. The molecule has 1 aliphatic rings. The van der Waals surface area contributed by atoms with E-state index in [4.69, 9.17) is 21.1 Å². The Bertz CT molecular complexity index is 784. The molecule has 0 N–H and O–H groups in total. The predicted molar refractivity (Wildman–Crippen MR) is 94.3 cm³/mol. The molecule has 0 fully saturated rings. The topological polar surface area (TPSA) is 61.8 Å². The Kier molecular flexibility index (Phi) is 7.80. The van der Waals surface area contributed by atoms with Gasteiger partial charge >= 0.3 is 29.6 Å². The minimum absolute atomic E-state index is 0. The number of halogens is 1. The fourth-order valence-corrected chi connectivity index (χ4v) is 3.30. The van der Waals surface area contributed by atoms with Crippen LogP contribution in [0.1, 0.15) is 21.5 Å². The number of hydrogen-bond donors (Lipinski definition) is 0. The number of rotatable bonds is 7. The third kappa shape index (κ3) is 4.72. The second kappa shape index (κ2) is 9.62. The summed E-state index contributed by atoms with van der Waals surface area (Å²) in [6.07, 6.45) is 0.680. The monoisotopic (exact) mass is 383 g/mol. The number of aromatic carboxylic acids is 1. The molecule has 5 nitrogen and oxygen atoms in total. The molecule has 0 radical (unpaired) electrons. The van der Waals surface area contributed by atoms with Crippen molar-refractivity contribution in [3.8, 4) is 5.75 Å². The van der Waals surface area contributed by atoms with Gasteiger partial charge in [-0.2, -0.15) is 0 Å². The number of fused-ring (bicyclic) bond motifs is 1. The molecule has 7 heteroatoms. The molecule has 0 aromatic heterocycles. The summed E-state index contributed by atoms with van der Waals surface area (Å²) < 4.78 is 10.8. The van der Waals surface area contributed by atoms with Crippen LogP contribution < -0.4 is 44.3 Å². The van der Waals surface area contributed by atoms with Crippen molar-refractivity contribution >= 4 is 23.3 Å². The molecule has 0 saturated carbocycles. The van der Waals surface area contributed by atoms with E-state index in [1.54, 1.807) is 25.3 Å². The Morgan fingerprint density at radius 3 is 2.81 bits per heavy atom. The molecule has 0 saturated heterocycles. The number of benzene rings is 2. The molecule has 0 aliphatic carbocycles. The number of carboxylic acid groups (broad SMARTS) is 1. The summed E-state index contributed by atoms with van der Waals surface area (Å²) in [5.74, 6) is -0.379. The summed E-state index contributed by atoms with van der Waals surface area (Å²) in [5.41, 5.74) is 2.97. The number of hydrogen-bond acceptors (Lipinski definition) is 5. The average molecular weight is 384 g/mol. The van der Waals surface area contributed by atoms with Crippen molar-refractivity contribution in [1.29, 1.82) is 0 Å². The first-order chi connectivity index (χ1) is 12.1. The van der Waals surface area contributed by atoms with Crippen LogP contribution in [0.25, 0.3) is 0 Å². The van der Waals surface area contributed by atoms with Crippen molar-refractivity contribution in [3.63, 3.8) is 0 Å². The van der Waals surface area contributed by atoms with E-state index < -0.39 is 5.97 Å². The Balaban J connectivity index is 0.00000243. The molecular formula is C19H19ClNNaO4. The van der Waals surface area contributed by atoms with E-state index in [0.717, 1.165) is 29.1 Å². The second-order valence-electron chi connectivity index (χ2n) is 5.86. The van der Waals surface area contributed by atoms with Gasteiger partial charge in [0.25, 0.3) is 0 Å². The number of ether oxygens (including phenoxy) is 2. The van der Waals surface area contributed by atoms with Crippen molar-refractivity contribution in [2.45, 2.75) is 13.0 Å². The van der Waals surface area contributed by atoms with Crippen molar-refractivity contribution in [2.24, 2.45) is 0 Å². The van der Waals surface area contributed by atoms with Crippen LogP contribution in [0.3, 0.4) is 0 Å². The van der Waals surface area contributed by atoms with Crippen molar-refractivity contribution in [2.75, 3.05) is 31.8 Å². The van der Waals surface area contributed by atoms with Crippen LogP contribution in [-0.4, -0.2) is 32.8 Å². The number of anilines is 1. The Morgan fingerprint density at radius 2 is 2.08 bits per heavy atom. The van der Waals surface area contributed by atoms with Crippen LogP contribution in [-0.2, 0) is 17.7 Å². The molecule has 1 aliphatic heterocycles. The Morgan fingerprint density at radius 1 is 1.27 bits per heavy atom. The van der Waals surface area contributed by atoms with Gasteiger partial charge in [0, 0.05) is 42.0 Å². The van der Waals surface area contributed by atoms with Gasteiger partial charge in [0.2, 0.25) is 0 Å². The van der Waals surface area contributed by atoms with Crippen LogP contribution in [0.4, 0.5) is 5.69 Å². The molecule has 2 aromatic carbocycles. The Hall–Kier alpha value is -1.24. The third-order valence-corrected chi connectivity index (χ3v) is 4.51. The number of methoxy groups -OCH3 is 1. The van der Waals surface area contributed by atoms with E-state index in [1.807, 2.05) is 18.2 Å². The van der Waals surface area contributed by atoms with E-state index in [0.29, 0.717) is 31.2 Å². The minimum atomic E-state index is -1.13. The zero-order chi connectivity index (χ0) is 17.8. The summed E-state index contributed by atoms with van der Waals surface area (Å²) in [6.45, 7) is 2.29. The van der Waals surface area contributed by atoms with Gasteiger partial charge in [-0.25, -0.2) is 0 Å². The summed E-state index contributed by atoms with van der Waals surface area (Å²) in [4.78, 5) is 13.4. The largest absolute Gasteiger partial charge is 1.00 e. The SMILES string of the molecule is COCCOc1ccc(Cl)cc1CN1CCc2c(C(=O)[O-])cccc21.[Na+]. The predicted octanol–water partition coefficient (Wildman–Crippen LogP) is -0.705. The fraction of sp³-hybridized carbons (Fsp3) is 0.316. The maximum atomic E-state index is 11.3. The summed E-state index contributed by atoms with van der Waals surface area (Å²) in [5, 5.41) is 11.9. The van der Waals surface area contributed by atoms with E-state index in [-0.39, 0.29) is 35.1 Å². The molecule has 0 spiro atoms. The van der Waals surface area contributed by atoms with Crippen LogP contribution in [0.15, 0.2) is 36.4 Å². The zero-order valence-electron chi connectivity index (χ0n) is 15.0. The molecule has 26 heavy (non-hydrogen) atoms. The molecule has 132 valence electrons. The van der Waals surface area contributed by atoms with Gasteiger partial charge in [0.1, 0.15) is 12.4 Å². The van der Waals surface area contributed by atoms with Gasteiger partial charge in [0.05, 0.1) is 12.6 Å². The van der Waals surface area contributed by atoms with Crippen LogP contribution in [0.5, 0.6) is 5.75 Å². The van der Waals surface area contributed by atoms with Crippen molar-refractivity contribution in [1.82, 2.24) is 0 Å². The van der Waals surface area contributed by atoms with Gasteiger partial charge in [-0.1, -0.05) is 23.7 Å². The molecule has 0 bridgehead atoms. The molecule has 3 rings (SSSR count). The van der Waals surface area contributed by atoms with Gasteiger partial charge < -0.3 is 24.3 Å². The smallest absolute Gasteiger partial charge is 0.545 e. The van der Waals surface area contributed by atoms with Crippen LogP contribution >= 0.6 is 11.6 Å². The molecule has 1 heterocycles. The first-order valence-corrected chi connectivity index (χ1v) is 8.46. The molecule has 0 atom stereocenters. The maximum absolute atomic E-state index is 11.3. The molecule has 0 unspecified atom stereocenters. The Labute approximate surface area is 180 Å². The standard InChI is InChI=1S/C19H20ClNO4.Na/c1-24-9-10-25-18-6-5-14(20)11-13(18)12-21-8-7-15-16(19(22)23)3-2-4-17(15)21;/h2-6,11H,7-10,12H2,1H3,(H,22,23);/q;+1/p-1. The van der Waals surface area contributed by atoms with E-state index in [9.17, 15) is 9.90 Å². The zero-order valence-corrected chi connectivity index (χ0v) is 17.7. The average Bonchev–Trinajstić information content (AvgIpc) is 3.00. The maximum Gasteiger partial charge on any atom is 1.00 e. The normalized spacial score (nSPS) is 12.5. The summed E-state index contributed by atoms with van der Waals surface area (Å²) >= 11 is 6.15. The van der Waals surface area contributed by atoms with Crippen LogP contribution in [0.2, 0.25) is 5.02 Å². The number of carbonyl (C=O) groups is 1. The first-order valence-electron chi connectivity index (χ1n) is 8.08. The van der Waals surface area contributed by atoms with E-state index in [1.165, 1.54) is 0 Å². The van der Waals surface area contributed by atoms with E-state index in [2.05, 4.69) is 4.90 Å². The van der Waals surface area contributed by atoms with Gasteiger partial charge in [-0.05, 0) is 36.2 Å². The van der Waals surface area contributed by atoms with Crippen molar-refractivity contribution in [3.05, 3.63) is 58.1 Å². The summed E-state index contributed by atoms with van der Waals surface area (Å²) in [7, 11) is 1.63. The number of carboxylic acids is 1. The van der Waals surface area contributed by atoms with Gasteiger partial charge in [-0.3, -0.25) is 0 Å². The van der Waals surface area contributed by atoms with E-state index >= 15 is 0 Å². The van der Waals surface area contributed by atoms with Crippen molar-refractivity contribution < 1.29 is 48.9 Å². The third-order valence-electron chi connectivity index (χ3n) is 4.27. The molecular weight excluding hydrogens is 365 g/mol. The fourth-order valence-electron chi connectivity index (χ4n) is 3.11. The minimum Gasteiger partial charge on any atom is -0.545 e. The summed E-state index contributed by atoms with van der Waals surface area (Å²) in [6, 6.07) is 10.8. The second-order valence-corrected chi connectivity index (χ2v) is 6.29. The van der Waals surface area contributed by atoms with Gasteiger partial charge in [0.15, 0.2) is 0 Å². The number of nitrogens with zero attached hydrogens (tertiary/aromatic N) is 1. The first kappa shape index (κ1) is 21.1. The molecule has 2 aromatic rings. The van der Waals surface area contributed by atoms with Gasteiger partial charge in [-0.15, -0.1) is 0 Å². The molecule has 0 amide bonds. The van der Waals surface area contributed by atoms with Crippen LogP contribution in [0, 0.1) is 0 Å².